The molecular formula is C22H27ClN4O3S. The summed E-state index contributed by atoms with van der Waals surface area (Å²) in [7, 11) is 0. The molecule has 1 fully saturated rings. The van der Waals surface area contributed by atoms with Crippen molar-refractivity contribution in [2.75, 3.05) is 56.6 Å². The van der Waals surface area contributed by atoms with E-state index < -0.39 is 0 Å². The van der Waals surface area contributed by atoms with Crippen LogP contribution in [-0.2, 0) is 22.4 Å². The number of thiophene rings is 1. The number of hydrogen-bond acceptors (Lipinski definition) is 6. The van der Waals surface area contributed by atoms with Crippen LogP contribution in [0.15, 0.2) is 24.3 Å². The number of benzene rings is 1. The van der Waals surface area contributed by atoms with E-state index in [9.17, 15) is 9.59 Å². The second-order valence-corrected chi connectivity index (χ2v) is 9.19. The quantitative estimate of drug-likeness (QED) is 0.525. The Balaban J connectivity index is 1.36. The van der Waals surface area contributed by atoms with E-state index in [0.29, 0.717) is 21.3 Å². The summed E-state index contributed by atoms with van der Waals surface area (Å²) in [6, 6.07) is 7.15. The predicted molar refractivity (Wildman–Crippen MR) is 125 cm³/mol. The van der Waals surface area contributed by atoms with Gasteiger partial charge < -0.3 is 20.7 Å². The van der Waals surface area contributed by atoms with Crippen molar-refractivity contribution in [3.05, 3.63) is 45.3 Å². The smallest absolute Gasteiger partial charge is 0.258 e. The van der Waals surface area contributed by atoms with Gasteiger partial charge in [0, 0.05) is 31.1 Å². The van der Waals surface area contributed by atoms with Gasteiger partial charge in [0.15, 0.2) is 0 Å². The summed E-state index contributed by atoms with van der Waals surface area (Å²) in [5.41, 5.74) is 2.18. The van der Waals surface area contributed by atoms with Crippen molar-refractivity contribution in [1.82, 2.24) is 10.2 Å². The lowest BCUT2D eigenvalue weighted by Gasteiger charge is -2.26. The average molecular weight is 463 g/mol. The molecule has 1 saturated heterocycles. The number of ether oxygens (including phenoxy) is 1. The Labute approximate surface area is 191 Å². The summed E-state index contributed by atoms with van der Waals surface area (Å²) in [5.74, 6) is -0.378. The van der Waals surface area contributed by atoms with E-state index in [4.69, 9.17) is 16.3 Å². The fourth-order valence-electron chi connectivity index (χ4n) is 3.91. The molecule has 1 aliphatic heterocycles. The van der Waals surface area contributed by atoms with Crippen LogP contribution in [0.5, 0.6) is 0 Å². The van der Waals surface area contributed by atoms with Crippen molar-refractivity contribution in [2.45, 2.75) is 19.3 Å². The zero-order valence-electron chi connectivity index (χ0n) is 17.3. The number of morpholine rings is 1. The van der Waals surface area contributed by atoms with Crippen LogP contribution in [0.4, 0.5) is 10.7 Å². The lowest BCUT2D eigenvalue weighted by atomic mass is 10.1. The second-order valence-electron chi connectivity index (χ2n) is 7.67. The minimum Gasteiger partial charge on any atom is -0.379 e. The molecule has 9 heteroatoms. The molecule has 7 nitrogen and oxygen atoms in total. The van der Waals surface area contributed by atoms with Crippen LogP contribution >= 0.6 is 22.9 Å². The third-order valence-corrected chi connectivity index (χ3v) is 7.05. The minimum atomic E-state index is -0.233. The average Bonchev–Trinajstić information content (AvgIpc) is 3.34. The molecule has 2 aliphatic rings. The molecular weight excluding hydrogens is 436 g/mol. The molecule has 0 spiro atoms. The molecule has 4 rings (SSSR count). The van der Waals surface area contributed by atoms with Gasteiger partial charge in [-0.15, -0.1) is 11.3 Å². The van der Waals surface area contributed by atoms with E-state index in [1.165, 1.54) is 16.2 Å². The summed E-state index contributed by atoms with van der Waals surface area (Å²) < 4.78 is 5.35. The maximum absolute atomic E-state index is 13.1. The number of amides is 2. The third-order valence-electron chi connectivity index (χ3n) is 5.52. The van der Waals surface area contributed by atoms with Gasteiger partial charge in [0.2, 0.25) is 5.91 Å². The molecule has 0 radical (unpaired) electrons. The number of aryl methyl sites for hydroxylation is 1. The van der Waals surface area contributed by atoms with Crippen molar-refractivity contribution in [1.29, 1.82) is 0 Å². The van der Waals surface area contributed by atoms with Gasteiger partial charge in [0.05, 0.1) is 36.0 Å². The first-order chi connectivity index (χ1) is 15.1. The van der Waals surface area contributed by atoms with E-state index >= 15 is 0 Å². The molecule has 2 amide bonds. The highest BCUT2D eigenvalue weighted by Gasteiger charge is 2.27. The van der Waals surface area contributed by atoms with E-state index in [-0.39, 0.29) is 18.4 Å². The number of carbonyl (C=O) groups excluding carboxylic acids is 2. The largest absolute Gasteiger partial charge is 0.379 e. The molecule has 0 saturated carbocycles. The number of hydrogen-bond donors (Lipinski definition) is 3. The minimum absolute atomic E-state index is 0.145. The molecule has 166 valence electrons. The van der Waals surface area contributed by atoms with Gasteiger partial charge in [-0.05, 0) is 37.0 Å². The Morgan fingerprint density at radius 3 is 2.74 bits per heavy atom. The maximum Gasteiger partial charge on any atom is 0.258 e. The van der Waals surface area contributed by atoms with Crippen molar-refractivity contribution in [3.63, 3.8) is 0 Å². The first-order valence-electron chi connectivity index (χ1n) is 10.6. The van der Waals surface area contributed by atoms with Gasteiger partial charge in [-0.1, -0.05) is 23.7 Å². The summed E-state index contributed by atoms with van der Waals surface area (Å²) in [5, 5.41) is 10.1. The van der Waals surface area contributed by atoms with Crippen LogP contribution in [0.1, 0.15) is 27.2 Å². The Morgan fingerprint density at radius 2 is 1.94 bits per heavy atom. The number of rotatable bonds is 8. The first kappa shape index (κ1) is 22.2. The molecule has 1 aromatic carbocycles. The number of anilines is 2. The zero-order chi connectivity index (χ0) is 21.6. The highest BCUT2D eigenvalue weighted by atomic mass is 35.5. The van der Waals surface area contributed by atoms with Gasteiger partial charge in [0.1, 0.15) is 5.00 Å². The van der Waals surface area contributed by atoms with Crippen LogP contribution < -0.4 is 16.0 Å². The molecule has 1 aliphatic carbocycles. The summed E-state index contributed by atoms with van der Waals surface area (Å²) >= 11 is 7.70. The number of fused-ring (bicyclic) bond motifs is 1. The standard InChI is InChI=1S/C22H27ClN4O3S/c23-16-5-1-2-6-17(16)25-21(29)20-15-4-3-7-18(15)31-22(20)26-19(28)14-24-8-9-27-10-12-30-13-11-27/h1-2,5-6,24H,3-4,7-14H2,(H,25,29)(H,26,28). The van der Waals surface area contributed by atoms with E-state index in [1.807, 2.05) is 12.1 Å². The van der Waals surface area contributed by atoms with Crippen LogP contribution in [0.2, 0.25) is 5.02 Å². The van der Waals surface area contributed by atoms with Crippen LogP contribution in [-0.4, -0.2) is 62.7 Å². The van der Waals surface area contributed by atoms with Gasteiger partial charge in [-0.25, -0.2) is 0 Å². The molecule has 31 heavy (non-hydrogen) atoms. The fourth-order valence-corrected chi connectivity index (χ4v) is 5.40. The summed E-state index contributed by atoms with van der Waals surface area (Å²) in [6.07, 6.45) is 2.83. The molecule has 2 heterocycles. The monoisotopic (exact) mass is 462 g/mol. The van der Waals surface area contributed by atoms with Gasteiger partial charge in [0.25, 0.3) is 5.91 Å². The molecule has 0 unspecified atom stereocenters. The lowest BCUT2D eigenvalue weighted by Crippen LogP contribution is -2.41. The highest BCUT2D eigenvalue weighted by molar-refractivity contribution is 7.17. The number of carbonyl (C=O) groups is 2. The second kappa shape index (κ2) is 10.6. The Morgan fingerprint density at radius 1 is 1.13 bits per heavy atom. The topological polar surface area (TPSA) is 82.7 Å². The van der Waals surface area contributed by atoms with Gasteiger partial charge in [-0.3, -0.25) is 14.5 Å². The lowest BCUT2D eigenvalue weighted by molar-refractivity contribution is -0.115. The Bertz CT molecular complexity index is 943. The van der Waals surface area contributed by atoms with Crippen molar-refractivity contribution in [2.24, 2.45) is 0 Å². The van der Waals surface area contributed by atoms with E-state index in [2.05, 4.69) is 20.9 Å². The molecule has 1 aromatic heterocycles. The third kappa shape index (κ3) is 5.64. The number of nitrogens with one attached hydrogen (secondary N) is 3. The fraction of sp³-hybridized carbons (Fsp3) is 0.455. The Kier molecular flexibility index (Phi) is 7.58. The zero-order valence-corrected chi connectivity index (χ0v) is 18.9. The van der Waals surface area contributed by atoms with Crippen molar-refractivity contribution < 1.29 is 14.3 Å². The van der Waals surface area contributed by atoms with Crippen LogP contribution in [0.3, 0.4) is 0 Å². The number of halogens is 1. The van der Waals surface area contributed by atoms with Crippen molar-refractivity contribution >= 4 is 45.4 Å². The SMILES string of the molecule is O=C(CNCCN1CCOCC1)Nc1sc2c(c1C(=O)Nc1ccccc1Cl)CCC2. The normalized spacial score (nSPS) is 16.2. The van der Waals surface area contributed by atoms with E-state index in [0.717, 1.165) is 64.2 Å². The number of para-hydroxylation sites is 1. The summed E-state index contributed by atoms with van der Waals surface area (Å²) in [4.78, 5) is 29.1. The van der Waals surface area contributed by atoms with Crippen LogP contribution in [0, 0.1) is 0 Å². The molecule has 3 N–H and O–H groups in total. The first-order valence-corrected chi connectivity index (χ1v) is 11.8. The van der Waals surface area contributed by atoms with Crippen molar-refractivity contribution in [3.8, 4) is 0 Å². The highest BCUT2D eigenvalue weighted by Crippen LogP contribution is 2.39. The van der Waals surface area contributed by atoms with Gasteiger partial charge in [-0.2, -0.15) is 0 Å². The summed E-state index contributed by atoms with van der Waals surface area (Å²) in [6.45, 7) is 5.21. The van der Waals surface area contributed by atoms with Crippen LogP contribution in [0.25, 0.3) is 0 Å². The molecule has 0 bridgehead atoms. The van der Waals surface area contributed by atoms with Gasteiger partial charge >= 0.3 is 0 Å². The predicted octanol–water partition coefficient (Wildman–Crippen LogP) is 3.00. The number of nitrogens with zero attached hydrogens (tertiary/aromatic N) is 1. The Hall–Kier alpha value is -1.97. The molecule has 2 aromatic rings. The van der Waals surface area contributed by atoms with E-state index in [1.54, 1.807) is 12.1 Å². The maximum atomic E-state index is 13.1. The molecule has 0 atom stereocenters.